The first-order valence-corrected chi connectivity index (χ1v) is 10.8. The number of hydrogen-bond acceptors (Lipinski definition) is 6. The van der Waals surface area contributed by atoms with Crippen LogP contribution in [-0.4, -0.2) is 57.6 Å². The van der Waals surface area contributed by atoms with Gasteiger partial charge < -0.3 is 15.9 Å². The van der Waals surface area contributed by atoms with Crippen LogP contribution in [0.1, 0.15) is 65.7 Å². The Labute approximate surface area is 175 Å². The van der Waals surface area contributed by atoms with Crippen LogP contribution in [0, 0.1) is 5.92 Å². The molecule has 7 nitrogen and oxygen atoms in total. The first-order chi connectivity index (χ1) is 13.3. The first kappa shape index (κ1) is 26.9. The lowest BCUT2D eigenvalue weighted by molar-refractivity contribution is -0.166. The highest BCUT2D eigenvalue weighted by atomic mass is 32.1. The smallest absolute Gasteiger partial charge is 0.331 e. The van der Waals surface area contributed by atoms with Gasteiger partial charge in [-0.15, -0.1) is 0 Å². The number of aliphatic hydroxyl groups excluding tert-OH is 1. The van der Waals surface area contributed by atoms with Gasteiger partial charge in [-0.05, 0) is 18.8 Å². The molecule has 0 aliphatic carbocycles. The zero-order valence-corrected chi connectivity index (χ0v) is 18.5. The van der Waals surface area contributed by atoms with Gasteiger partial charge in [0.25, 0.3) is 0 Å². The minimum atomic E-state index is -1.51. The van der Waals surface area contributed by atoms with Crippen LogP contribution in [-0.2, 0) is 9.59 Å². The lowest BCUT2D eigenvalue weighted by Gasteiger charge is -2.41. The number of aliphatic carboxylic acids is 1. The van der Waals surface area contributed by atoms with Gasteiger partial charge in [-0.3, -0.25) is 9.80 Å². The fraction of sp³-hybridized carbons (Fsp3) is 0.800. The number of allylic oxidation sites excluding steroid dienone is 1. The molecule has 0 aromatic carbocycles. The summed E-state index contributed by atoms with van der Waals surface area (Å²) < 4.78 is 0. The molecular formula is C20H39N3O4S. The van der Waals surface area contributed by atoms with Crippen molar-refractivity contribution in [1.82, 2.24) is 10.4 Å². The number of aliphatic hydroxyl groups is 1. The Bertz CT molecular complexity index is 490. The molecule has 0 saturated carbocycles. The third kappa shape index (κ3) is 8.94. The summed E-state index contributed by atoms with van der Waals surface area (Å²) in [5.41, 5.74) is 7.32. The van der Waals surface area contributed by atoms with Gasteiger partial charge in [0.2, 0.25) is 5.91 Å². The minimum Gasteiger partial charge on any atom is -0.479 e. The molecule has 164 valence electrons. The molecule has 0 rings (SSSR count). The zero-order valence-electron chi connectivity index (χ0n) is 17.6. The van der Waals surface area contributed by atoms with E-state index in [1.165, 1.54) is 5.01 Å². The number of unbranched alkanes of at least 4 members (excludes halogenated alkanes) is 1. The molecule has 0 radical (unpaired) electrons. The Morgan fingerprint density at radius 3 is 2.46 bits per heavy atom. The molecule has 5 N–H and O–H groups in total. The summed E-state index contributed by atoms with van der Waals surface area (Å²) in [4.78, 5) is 25.2. The van der Waals surface area contributed by atoms with E-state index in [0.717, 1.165) is 19.3 Å². The van der Waals surface area contributed by atoms with Crippen LogP contribution in [0.2, 0.25) is 0 Å². The number of amides is 1. The van der Waals surface area contributed by atoms with E-state index in [-0.39, 0.29) is 44.4 Å². The Morgan fingerprint density at radius 2 is 1.96 bits per heavy atom. The zero-order chi connectivity index (χ0) is 21.6. The average Bonchev–Trinajstić information content (AvgIpc) is 2.68. The summed E-state index contributed by atoms with van der Waals surface area (Å²) in [6, 6.07) is -0.327. The highest BCUT2D eigenvalue weighted by Crippen LogP contribution is 2.27. The van der Waals surface area contributed by atoms with Crippen LogP contribution in [0.25, 0.3) is 0 Å². The Hall–Kier alpha value is -1.09. The van der Waals surface area contributed by atoms with Crippen molar-refractivity contribution in [2.24, 2.45) is 11.7 Å². The molecule has 0 spiro atoms. The van der Waals surface area contributed by atoms with Gasteiger partial charge in [-0.25, -0.2) is 10.2 Å². The monoisotopic (exact) mass is 417 g/mol. The van der Waals surface area contributed by atoms with E-state index in [1.807, 2.05) is 13.0 Å². The maximum atomic E-state index is 13.0. The number of hydrazine groups is 1. The van der Waals surface area contributed by atoms with Crippen molar-refractivity contribution in [2.45, 2.75) is 77.3 Å². The van der Waals surface area contributed by atoms with Gasteiger partial charge in [0, 0.05) is 37.8 Å². The van der Waals surface area contributed by atoms with Crippen LogP contribution in [0.4, 0.5) is 0 Å². The molecule has 0 aliphatic rings. The van der Waals surface area contributed by atoms with Crippen molar-refractivity contribution in [1.29, 1.82) is 0 Å². The van der Waals surface area contributed by atoms with Crippen molar-refractivity contribution in [3.63, 3.8) is 0 Å². The van der Waals surface area contributed by atoms with E-state index in [2.05, 4.69) is 31.9 Å². The second-order valence-electron chi connectivity index (χ2n) is 7.37. The molecule has 0 aliphatic heterocycles. The SMILES string of the molecule is CCCC[C@](CCO)(C(=O)O)N(NC[C@@H](N)CS)C(=O)CC=CC[C@@H](C)CC. The molecule has 0 aromatic rings. The maximum absolute atomic E-state index is 13.0. The fourth-order valence-electron chi connectivity index (χ4n) is 2.83. The molecule has 0 fully saturated rings. The molecular weight excluding hydrogens is 378 g/mol. The third-order valence-electron chi connectivity index (χ3n) is 4.99. The molecule has 1 amide bonds. The average molecular weight is 418 g/mol. The van der Waals surface area contributed by atoms with E-state index in [0.29, 0.717) is 18.1 Å². The summed E-state index contributed by atoms with van der Waals surface area (Å²) in [6.07, 6.45) is 7.39. The van der Waals surface area contributed by atoms with Crippen LogP contribution >= 0.6 is 12.6 Å². The molecule has 0 heterocycles. The molecule has 0 bridgehead atoms. The number of carboxylic acids is 1. The quantitative estimate of drug-likeness (QED) is 0.150. The van der Waals surface area contributed by atoms with Gasteiger partial charge in [0.15, 0.2) is 5.54 Å². The molecule has 0 unspecified atom stereocenters. The normalized spacial score (nSPS) is 15.9. The van der Waals surface area contributed by atoms with Gasteiger partial charge in [0.05, 0.1) is 0 Å². The Morgan fingerprint density at radius 1 is 1.29 bits per heavy atom. The lowest BCUT2D eigenvalue weighted by Crippen LogP contribution is -2.64. The van der Waals surface area contributed by atoms with Crippen molar-refractivity contribution in [3.05, 3.63) is 12.2 Å². The summed E-state index contributed by atoms with van der Waals surface area (Å²) in [7, 11) is 0. The number of hydrogen-bond donors (Lipinski definition) is 5. The predicted octanol–water partition coefficient (Wildman–Crippen LogP) is 2.36. The number of carbonyl (C=O) groups is 2. The maximum Gasteiger partial charge on any atom is 0.331 e. The van der Waals surface area contributed by atoms with Crippen molar-refractivity contribution >= 4 is 24.5 Å². The second-order valence-corrected chi connectivity index (χ2v) is 7.74. The van der Waals surface area contributed by atoms with Crippen LogP contribution in [0.3, 0.4) is 0 Å². The van der Waals surface area contributed by atoms with Crippen LogP contribution in [0.5, 0.6) is 0 Å². The van der Waals surface area contributed by atoms with Gasteiger partial charge in [0.1, 0.15) is 0 Å². The van der Waals surface area contributed by atoms with E-state index in [4.69, 9.17) is 5.73 Å². The highest BCUT2D eigenvalue weighted by molar-refractivity contribution is 7.80. The Kier molecular flexibility index (Phi) is 14.3. The molecule has 0 saturated heterocycles. The number of nitrogens with two attached hydrogens (primary N) is 1. The highest BCUT2D eigenvalue weighted by Gasteiger charge is 2.45. The number of carbonyl (C=O) groups excluding carboxylic acids is 1. The van der Waals surface area contributed by atoms with Gasteiger partial charge >= 0.3 is 5.97 Å². The predicted molar refractivity (Wildman–Crippen MR) is 116 cm³/mol. The van der Waals surface area contributed by atoms with Crippen LogP contribution in [0.15, 0.2) is 12.2 Å². The topological polar surface area (TPSA) is 116 Å². The van der Waals surface area contributed by atoms with E-state index >= 15 is 0 Å². The molecule has 28 heavy (non-hydrogen) atoms. The van der Waals surface area contributed by atoms with E-state index in [1.54, 1.807) is 6.08 Å². The van der Waals surface area contributed by atoms with Crippen molar-refractivity contribution < 1.29 is 19.8 Å². The number of nitrogens with one attached hydrogen (secondary N) is 1. The molecule has 3 atom stereocenters. The number of carboxylic acid groups (broad SMARTS) is 1. The van der Waals surface area contributed by atoms with Crippen LogP contribution < -0.4 is 11.2 Å². The summed E-state index contributed by atoms with van der Waals surface area (Å²) >= 11 is 4.14. The molecule has 8 heteroatoms. The number of rotatable bonds is 16. The Balaban J connectivity index is 5.57. The molecule has 0 aromatic heterocycles. The van der Waals surface area contributed by atoms with Crippen molar-refractivity contribution in [2.75, 3.05) is 18.9 Å². The largest absolute Gasteiger partial charge is 0.479 e. The standard InChI is InChI=1S/C20H39N3O4S/c1-4-6-11-20(12-13-24,19(26)27)23(22-14-17(21)15-28)18(25)10-8-7-9-16(3)5-2/h7-8,16-17,22,24,28H,4-6,9-15,21H2,1-3H3,(H,26,27)/t16-,17+,20-/m0/s1. The summed E-state index contributed by atoms with van der Waals surface area (Å²) in [6.45, 7) is 6.10. The van der Waals surface area contributed by atoms with E-state index in [9.17, 15) is 19.8 Å². The minimum absolute atomic E-state index is 0.0478. The van der Waals surface area contributed by atoms with E-state index < -0.39 is 11.5 Å². The van der Waals surface area contributed by atoms with Gasteiger partial charge in [-0.1, -0.05) is 52.2 Å². The fourth-order valence-corrected chi connectivity index (χ4v) is 2.96. The number of nitrogens with zero attached hydrogens (tertiary/aromatic N) is 1. The summed E-state index contributed by atoms with van der Waals surface area (Å²) in [5, 5.41) is 20.7. The number of thiol groups is 1. The lowest BCUT2D eigenvalue weighted by atomic mass is 9.88. The van der Waals surface area contributed by atoms with Gasteiger partial charge in [-0.2, -0.15) is 12.6 Å². The third-order valence-corrected chi connectivity index (χ3v) is 5.45. The first-order valence-electron chi connectivity index (χ1n) is 10.2. The van der Waals surface area contributed by atoms with Crippen molar-refractivity contribution in [3.8, 4) is 0 Å². The second kappa shape index (κ2) is 14.8. The summed E-state index contributed by atoms with van der Waals surface area (Å²) in [5.74, 6) is -0.539.